The van der Waals surface area contributed by atoms with E-state index in [0.717, 1.165) is 0 Å². The molecule has 0 aliphatic carbocycles. The number of hydrogen-bond acceptors (Lipinski definition) is 3. The first kappa shape index (κ1) is 9.68. The maximum absolute atomic E-state index is 4.34. The van der Waals surface area contributed by atoms with Crippen LogP contribution in [-0.4, -0.2) is 12.0 Å². The Labute approximate surface area is 78.0 Å². The molecule has 0 bridgehead atoms. The molecule has 0 saturated carbocycles. The van der Waals surface area contributed by atoms with Crippen molar-refractivity contribution in [3.05, 3.63) is 16.6 Å². The van der Waals surface area contributed by atoms with Crippen LogP contribution in [-0.2, 0) is 5.54 Å². The highest BCUT2D eigenvalue weighted by Gasteiger charge is 2.30. The fourth-order valence-electron chi connectivity index (χ4n) is 1.12. The number of rotatable bonds is 3. The first-order valence-corrected chi connectivity index (χ1v) is 5.08. The average Bonchev–Trinajstić information content (AvgIpc) is 2.54. The Morgan fingerprint density at radius 1 is 1.58 bits per heavy atom. The average molecular weight is 184 g/mol. The van der Waals surface area contributed by atoms with E-state index in [9.17, 15) is 0 Å². The smallest absolute Gasteiger partial charge is 0.113 e. The summed E-state index contributed by atoms with van der Waals surface area (Å²) < 4.78 is 0. The first-order chi connectivity index (χ1) is 5.61. The van der Waals surface area contributed by atoms with Gasteiger partial charge in [0, 0.05) is 11.6 Å². The molecule has 12 heavy (non-hydrogen) atoms. The molecule has 1 unspecified atom stereocenters. The zero-order valence-corrected chi connectivity index (χ0v) is 8.90. The van der Waals surface area contributed by atoms with Crippen LogP contribution in [0.25, 0.3) is 0 Å². The highest BCUT2D eigenvalue weighted by atomic mass is 32.1. The van der Waals surface area contributed by atoms with Gasteiger partial charge in [0.25, 0.3) is 0 Å². The van der Waals surface area contributed by atoms with Crippen molar-refractivity contribution in [3.8, 4) is 0 Å². The summed E-state index contributed by atoms with van der Waals surface area (Å²) in [6.07, 6.45) is 1.86. The van der Waals surface area contributed by atoms with Crippen molar-refractivity contribution in [3.63, 3.8) is 0 Å². The molecule has 1 aromatic heterocycles. The van der Waals surface area contributed by atoms with E-state index >= 15 is 0 Å². The van der Waals surface area contributed by atoms with Gasteiger partial charge in [0.2, 0.25) is 0 Å². The molecule has 0 aliphatic heterocycles. The van der Waals surface area contributed by atoms with Gasteiger partial charge in [-0.05, 0) is 19.9 Å². The van der Waals surface area contributed by atoms with Crippen LogP contribution in [0.15, 0.2) is 11.6 Å². The van der Waals surface area contributed by atoms with Crippen molar-refractivity contribution < 1.29 is 0 Å². The number of nitrogens with one attached hydrogen (secondary N) is 1. The largest absolute Gasteiger partial charge is 0.308 e. The third-order valence-corrected chi connectivity index (χ3v) is 3.56. The third-order valence-electron chi connectivity index (χ3n) is 2.55. The van der Waals surface area contributed by atoms with Crippen LogP contribution in [0.1, 0.15) is 25.8 Å². The first-order valence-electron chi connectivity index (χ1n) is 4.20. The quantitative estimate of drug-likeness (QED) is 0.779. The molecular weight excluding hydrogens is 168 g/mol. The summed E-state index contributed by atoms with van der Waals surface area (Å²) >= 11 is 1.71. The van der Waals surface area contributed by atoms with Crippen molar-refractivity contribution in [2.24, 2.45) is 5.92 Å². The Hall–Kier alpha value is -0.410. The monoisotopic (exact) mass is 184 g/mol. The summed E-state index contributed by atoms with van der Waals surface area (Å²) in [7, 11) is 1.99. The zero-order valence-electron chi connectivity index (χ0n) is 8.09. The molecule has 2 nitrogen and oxygen atoms in total. The van der Waals surface area contributed by atoms with Gasteiger partial charge in [0.15, 0.2) is 0 Å². The standard InChI is InChI=1S/C9H16N2S/c1-7(2)9(3,10-4)8-11-5-6-12-8/h5-7,10H,1-4H3. The summed E-state index contributed by atoms with van der Waals surface area (Å²) in [4.78, 5) is 4.34. The lowest BCUT2D eigenvalue weighted by atomic mass is 9.89. The van der Waals surface area contributed by atoms with E-state index in [2.05, 4.69) is 31.1 Å². The van der Waals surface area contributed by atoms with E-state index in [1.165, 1.54) is 5.01 Å². The summed E-state index contributed by atoms with van der Waals surface area (Å²) in [5, 5.41) is 6.52. The van der Waals surface area contributed by atoms with Gasteiger partial charge in [-0.15, -0.1) is 11.3 Å². The maximum Gasteiger partial charge on any atom is 0.113 e. The molecule has 1 rings (SSSR count). The van der Waals surface area contributed by atoms with E-state index in [1.807, 2.05) is 18.6 Å². The van der Waals surface area contributed by atoms with Crippen LogP contribution in [0.3, 0.4) is 0 Å². The van der Waals surface area contributed by atoms with Crippen LogP contribution < -0.4 is 5.32 Å². The molecule has 68 valence electrons. The Bertz CT molecular complexity index is 231. The van der Waals surface area contributed by atoms with Gasteiger partial charge in [-0.2, -0.15) is 0 Å². The lowest BCUT2D eigenvalue weighted by molar-refractivity contribution is 0.285. The molecular formula is C9H16N2S. The molecule has 0 radical (unpaired) electrons. The van der Waals surface area contributed by atoms with Crippen LogP contribution >= 0.6 is 11.3 Å². The van der Waals surface area contributed by atoms with Gasteiger partial charge < -0.3 is 5.32 Å². The number of thiazole rings is 1. The van der Waals surface area contributed by atoms with Crippen LogP contribution in [0.2, 0.25) is 0 Å². The lowest BCUT2D eigenvalue weighted by Gasteiger charge is -2.31. The molecule has 0 amide bonds. The van der Waals surface area contributed by atoms with Gasteiger partial charge in [0.05, 0.1) is 5.54 Å². The van der Waals surface area contributed by atoms with Crippen LogP contribution in [0, 0.1) is 5.92 Å². The molecule has 1 atom stereocenters. The Balaban J connectivity index is 2.96. The number of hydrogen-bond donors (Lipinski definition) is 1. The minimum atomic E-state index is 0.0220. The van der Waals surface area contributed by atoms with Gasteiger partial charge in [0.1, 0.15) is 5.01 Å². The second kappa shape index (κ2) is 3.54. The van der Waals surface area contributed by atoms with Gasteiger partial charge in [-0.1, -0.05) is 13.8 Å². The molecule has 1 aromatic rings. The van der Waals surface area contributed by atoms with E-state index < -0.39 is 0 Å². The van der Waals surface area contributed by atoms with Crippen LogP contribution in [0.4, 0.5) is 0 Å². The molecule has 1 N–H and O–H groups in total. The van der Waals surface area contributed by atoms with E-state index in [0.29, 0.717) is 5.92 Å². The maximum atomic E-state index is 4.34. The van der Waals surface area contributed by atoms with Gasteiger partial charge in [-0.25, -0.2) is 4.98 Å². The Morgan fingerprint density at radius 3 is 2.58 bits per heavy atom. The molecule has 3 heteroatoms. The normalized spacial score (nSPS) is 16.4. The SMILES string of the molecule is CNC(C)(c1nccs1)C(C)C. The summed E-state index contributed by atoms with van der Waals surface area (Å²) in [5.74, 6) is 0.550. The van der Waals surface area contributed by atoms with Crippen molar-refractivity contribution in [2.75, 3.05) is 7.05 Å². The van der Waals surface area contributed by atoms with E-state index in [1.54, 1.807) is 11.3 Å². The summed E-state index contributed by atoms with van der Waals surface area (Å²) in [5.41, 5.74) is 0.0220. The zero-order chi connectivity index (χ0) is 9.19. The fraction of sp³-hybridized carbons (Fsp3) is 0.667. The molecule has 0 saturated heterocycles. The molecule has 0 fully saturated rings. The Kier molecular flexibility index (Phi) is 2.85. The Morgan fingerprint density at radius 2 is 2.25 bits per heavy atom. The molecule has 0 aliphatic rings. The van der Waals surface area contributed by atoms with Crippen molar-refractivity contribution in [1.29, 1.82) is 0 Å². The minimum absolute atomic E-state index is 0.0220. The third kappa shape index (κ3) is 1.52. The summed E-state index contributed by atoms with van der Waals surface area (Å²) in [6, 6.07) is 0. The van der Waals surface area contributed by atoms with Crippen molar-refractivity contribution >= 4 is 11.3 Å². The van der Waals surface area contributed by atoms with Gasteiger partial charge >= 0.3 is 0 Å². The highest BCUT2D eigenvalue weighted by Crippen LogP contribution is 2.29. The molecule has 1 heterocycles. The van der Waals surface area contributed by atoms with Crippen molar-refractivity contribution in [1.82, 2.24) is 10.3 Å². The second-order valence-corrected chi connectivity index (χ2v) is 4.34. The highest BCUT2D eigenvalue weighted by molar-refractivity contribution is 7.09. The summed E-state index contributed by atoms with van der Waals surface area (Å²) in [6.45, 7) is 6.60. The van der Waals surface area contributed by atoms with Gasteiger partial charge in [-0.3, -0.25) is 0 Å². The van der Waals surface area contributed by atoms with E-state index in [-0.39, 0.29) is 5.54 Å². The number of aromatic nitrogens is 1. The fourth-order valence-corrected chi connectivity index (χ4v) is 2.08. The topological polar surface area (TPSA) is 24.9 Å². The molecule has 0 aromatic carbocycles. The minimum Gasteiger partial charge on any atom is -0.308 e. The predicted octanol–water partition coefficient (Wildman–Crippen LogP) is 2.23. The van der Waals surface area contributed by atoms with Crippen LogP contribution in [0.5, 0.6) is 0 Å². The van der Waals surface area contributed by atoms with Crippen molar-refractivity contribution in [2.45, 2.75) is 26.3 Å². The second-order valence-electron chi connectivity index (χ2n) is 3.44. The predicted molar refractivity (Wildman–Crippen MR) is 53.4 cm³/mol. The molecule has 0 spiro atoms. The lowest BCUT2D eigenvalue weighted by Crippen LogP contribution is -2.41. The van der Waals surface area contributed by atoms with E-state index in [4.69, 9.17) is 0 Å². The number of nitrogens with zero attached hydrogens (tertiary/aromatic N) is 1.